The molecule has 8 heteroatoms. The van der Waals surface area contributed by atoms with E-state index in [0.29, 0.717) is 15.9 Å². The van der Waals surface area contributed by atoms with Crippen molar-refractivity contribution < 1.29 is 9.53 Å². The van der Waals surface area contributed by atoms with Gasteiger partial charge in [-0.25, -0.2) is 0 Å². The maximum atomic E-state index is 12.5. The molecule has 0 bridgehead atoms. The second kappa shape index (κ2) is 6.20. The maximum absolute atomic E-state index is 12.5. The highest BCUT2D eigenvalue weighted by molar-refractivity contribution is 7.17. The van der Waals surface area contributed by atoms with Crippen LogP contribution in [0, 0.1) is 6.92 Å². The van der Waals surface area contributed by atoms with E-state index in [4.69, 9.17) is 4.74 Å². The number of thiophene rings is 1. The van der Waals surface area contributed by atoms with Crippen molar-refractivity contribution in [1.29, 1.82) is 0 Å². The molecule has 0 aromatic carbocycles. The minimum absolute atomic E-state index is 0.271. The molecule has 112 valence electrons. The Kier molecular flexibility index (Phi) is 4.12. The van der Waals surface area contributed by atoms with Crippen LogP contribution < -0.4 is 10.1 Å². The number of hydrogen-bond acceptors (Lipinski definition) is 7. The number of hydrogen-bond donors (Lipinski definition) is 1. The number of aromatic nitrogens is 3. The van der Waals surface area contributed by atoms with Crippen LogP contribution >= 0.6 is 22.7 Å². The second-order valence-corrected chi connectivity index (χ2v) is 6.13. The van der Waals surface area contributed by atoms with E-state index in [1.807, 2.05) is 29.8 Å². The van der Waals surface area contributed by atoms with Crippen LogP contribution in [0.2, 0.25) is 0 Å². The van der Waals surface area contributed by atoms with Crippen LogP contribution in [0.4, 0.5) is 5.13 Å². The van der Waals surface area contributed by atoms with Crippen LogP contribution in [0.5, 0.6) is 5.19 Å². The van der Waals surface area contributed by atoms with E-state index >= 15 is 0 Å². The quantitative estimate of drug-likeness (QED) is 0.794. The van der Waals surface area contributed by atoms with E-state index in [1.54, 1.807) is 17.5 Å². The molecule has 3 aromatic heterocycles. The summed E-state index contributed by atoms with van der Waals surface area (Å²) in [6, 6.07) is 3.88. The molecule has 0 unspecified atom stereocenters. The monoisotopic (exact) mass is 332 g/mol. The van der Waals surface area contributed by atoms with Crippen molar-refractivity contribution in [3.05, 3.63) is 40.3 Å². The number of aryl methyl sites for hydroxylation is 1. The zero-order chi connectivity index (χ0) is 15.5. The van der Waals surface area contributed by atoms with Crippen molar-refractivity contribution in [2.75, 3.05) is 12.4 Å². The van der Waals surface area contributed by atoms with Crippen LogP contribution in [0.3, 0.4) is 0 Å². The lowest BCUT2D eigenvalue weighted by molar-refractivity contribution is 0.102. The molecular weight excluding hydrogens is 320 g/mol. The number of amides is 1. The molecule has 0 saturated carbocycles. The van der Waals surface area contributed by atoms with Crippen molar-refractivity contribution >= 4 is 33.7 Å². The van der Waals surface area contributed by atoms with Gasteiger partial charge in [-0.2, -0.15) is 11.3 Å². The Morgan fingerprint density at radius 2 is 2.23 bits per heavy atom. The SMILES string of the molecule is COc1nnc(NC(=O)c2cnc(C)cc2-c2ccsc2)s1. The summed E-state index contributed by atoms with van der Waals surface area (Å²) in [7, 11) is 1.50. The highest BCUT2D eigenvalue weighted by Crippen LogP contribution is 2.28. The van der Waals surface area contributed by atoms with E-state index in [9.17, 15) is 4.79 Å². The number of ether oxygens (including phenoxy) is 1. The van der Waals surface area contributed by atoms with Gasteiger partial charge in [-0.1, -0.05) is 5.10 Å². The largest absolute Gasteiger partial charge is 0.472 e. The van der Waals surface area contributed by atoms with Gasteiger partial charge in [-0.05, 0) is 52.3 Å². The zero-order valence-corrected chi connectivity index (χ0v) is 13.5. The van der Waals surface area contributed by atoms with E-state index in [2.05, 4.69) is 20.5 Å². The fourth-order valence-corrected chi connectivity index (χ4v) is 3.12. The molecule has 6 nitrogen and oxygen atoms in total. The predicted molar refractivity (Wildman–Crippen MR) is 86.7 cm³/mol. The fourth-order valence-electron chi connectivity index (χ4n) is 1.90. The second-order valence-electron chi connectivity index (χ2n) is 4.41. The first-order chi connectivity index (χ1) is 10.7. The first-order valence-corrected chi connectivity index (χ1v) is 8.11. The van der Waals surface area contributed by atoms with Crippen molar-refractivity contribution in [1.82, 2.24) is 15.2 Å². The predicted octanol–water partition coefficient (Wildman–Crippen LogP) is 3.23. The van der Waals surface area contributed by atoms with E-state index < -0.39 is 0 Å². The Balaban J connectivity index is 1.92. The molecule has 22 heavy (non-hydrogen) atoms. The van der Waals surface area contributed by atoms with Crippen molar-refractivity contribution in [3.63, 3.8) is 0 Å². The highest BCUT2D eigenvalue weighted by atomic mass is 32.1. The third-order valence-electron chi connectivity index (χ3n) is 2.92. The number of carbonyl (C=O) groups is 1. The van der Waals surface area contributed by atoms with Gasteiger partial charge in [0.25, 0.3) is 11.1 Å². The minimum Gasteiger partial charge on any atom is -0.472 e. The van der Waals surface area contributed by atoms with Gasteiger partial charge < -0.3 is 4.74 Å². The number of carbonyl (C=O) groups excluding carboxylic acids is 1. The summed E-state index contributed by atoms with van der Waals surface area (Å²) >= 11 is 2.75. The third kappa shape index (κ3) is 2.97. The summed E-state index contributed by atoms with van der Waals surface area (Å²) in [4.78, 5) is 16.7. The van der Waals surface area contributed by atoms with Crippen LogP contribution in [-0.4, -0.2) is 28.2 Å². The summed E-state index contributed by atoms with van der Waals surface area (Å²) in [6.45, 7) is 1.90. The molecule has 1 N–H and O–H groups in total. The van der Waals surface area contributed by atoms with Gasteiger partial charge in [0.1, 0.15) is 0 Å². The summed E-state index contributed by atoms with van der Waals surface area (Å²) in [5, 5.41) is 15.1. The smallest absolute Gasteiger partial charge is 0.295 e. The van der Waals surface area contributed by atoms with Crippen molar-refractivity contribution in [2.24, 2.45) is 0 Å². The Bertz CT molecular complexity index is 799. The standard InChI is InChI=1S/C14H12N4O2S2/c1-8-5-10(9-3-4-21-7-9)11(6-15-8)12(19)16-13-17-18-14(20-2)22-13/h3-7H,1-2H3,(H,16,17,19). The molecule has 0 aliphatic carbocycles. The van der Waals surface area contributed by atoms with Gasteiger partial charge in [-0.3, -0.25) is 15.1 Å². The fraction of sp³-hybridized carbons (Fsp3) is 0.143. The number of rotatable bonds is 4. The van der Waals surface area contributed by atoms with Gasteiger partial charge >= 0.3 is 0 Å². The van der Waals surface area contributed by atoms with Crippen LogP contribution in [0.15, 0.2) is 29.1 Å². The van der Waals surface area contributed by atoms with Gasteiger partial charge in [0.05, 0.1) is 12.7 Å². The van der Waals surface area contributed by atoms with Gasteiger partial charge in [0.15, 0.2) is 0 Å². The van der Waals surface area contributed by atoms with E-state index in [0.717, 1.165) is 16.8 Å². The van der Waals surface area contributed by atoms with Gasteiger partial charge in [0, 0.05) is 11.9 Å². The minimum atomic E-state index is -0.271. The number of methoxy groups -OCH3 is 1. The Morgan fingerprint density at radius 3 is 2.91 bits per heavy atom. The lowest BCUT2D eigenvalue weighted by atomic mass is 10.0. The molecule has 0 spiro atoms. The first-order valence-electron chi connectivity index (χ1n) is 6.35. The third-order valence-corrected chi connectivity index (χ3v) is 4.40. The van der Waals surface area contributed by atoms with Crippen molar-refractivity contribution in [2.45, 2.75) is 6.92 Å². The maximum Gasteiger partial charge on any atom is 0.295 e. The number of anilines is 1. The molecule has 1 amide bonds. The molecule has 0 aliphatic heterocycles. The normalized spacial score (nSPS) is 10.5. The lowest BCUT2D eigenvalue weighted by Gasteiger charge is -2.08. The van der Waals surface area contributed by atoms with Gasteiger partial charge in [0.2, 0.25) is 5.13 Å². The topological polar surface area (TPSA) is 77.0 Å². The van der Waals surface area contributed by atoms with E-state index in [-0.39, 0.29) is 5.91 Å². The lowest BCUT2D eigenvalue weighted by Crippen LogP contribution is -2.13. The molecule has 0 aliphatic rings. The summed E-state index contributed by atoms with van der Waals surface area (Å²) < 4.78 is 4.96. The number of pyridine rings is 1. The number of nitrogens with one attached hydrogen (secondary N) is 1. The molecule has 0 atom stereocenters. The van der Waals surface area contributed by atoms with Gasteiger partial charge in [-0.15, -0.1) is 5.10 Å². The average molecular weight is 332 g/mol. The average Bonchev–Trinajstić information content (AvgIpc) is 3.18. The molecule has 0 saturated heterocycles. The summed E-state index contributed by atoms with van der Waals surface area (Å²) in [6.07, 6.45) is 1.58. The molecule has 3 heterocycles. The van der Waals surface area contributed by atoms with Crippen LogP contribution in [0.1, 0.15) is 16.1 Å². The molecule has 0 fully saturated rings. The van der Waals surface area contributed by atoms with Crippen LogP contribution in [0.25, 0.3) is 11.1 Å². The molecule has 3 rings (SSSR count). The first kappa shape index (κ1) is 14.6. The van der Waals surface area contributed by atoms with Crippen molar-refractivity contribution in [3.8, 4) is 16.3 Å². The molecule has 0 radical (unpaired) electrons. The Labute approximate surface area is 134 Å². The molecule has 3 aromatic rings. The van der Waals surface area contributed by atoms with Crippen LogP contribution in [-0.2, 0) is 0 Å². The summed E-state index contributed by atoms with van der Waals surface area (Å²) in [5.74, 6) is -0.271. The Morgan fingerprint density at radius 1 is 1.36 bits per heavy atom. The zero-order valence-electron chi connectivity index (χ0n) is 11.9. The van der Waals surface area contributed by atoms with E-state index in [1.165, 1.54) is 18.4 Å². The highest BCUT2D eigenvalue weighted by Gasteiger charge is 2.16. The Hall–Kier alpha value is -2.32. The number of nitrogens with zero attached hydrogens (tertiary/aromatic N) is 3. The summed E-state index contributed by atoms with van der Waals surface area (Å²) in [5.41, 5.74) is 3.20. The molecular formula is C14H12N4O2S2.